The zero-order chi connectivity index (χ0) is 14.4. The minimum Gasteiger partial charge on any atom is -0.392 e. The molecule has 0 aliphatic carbocycles. The Labute approximate surface area is 121 Å². The third kappa shape index (κ3) is 3.90. The Morgan fingerprint density at radius 2 is 1.95 bits per heavy atom. The number of aliphatic hydroxyl groups excluding tert-OH is 1. The van der Waals surface area contributed by atoms with E-state index in [1.165, 1.54) is 5.56 Å². The maximum atomic E-state index is 12.2. The molecule has 1 aromatic rings. The Hall–Kier alpha value is -1.19. The highest BCUT2D eigenvalue weighted by molar-refractivity contribution is 5.88. The van der Waals surface area contributed by atoms with Crippen LogP contribution >= 0.6 is 0 Å². The van der Waals surface area contributed by atoms with Crippen LogP contribution in [0.3, 0.4) is 0 Å². The van der Waals surface area contributed by atoms with E-state index in [9.17, 15) is 4.79 Å². The number of aryl methyl sites for hydroxylation is 1. The number of rotatable bonds is 7. The van der Waals surface area contributed by atoms with Crippen molar-refractivity contribution in [2.24, 2.45) is 0 Å². The fraction of sp³-hybridized carbons (Fsp3) is 0.588. The largest absolute Gasteiger partial charge is 0.392 e. The predicted molar refractivity (Wildman–Crippen MR) is 80.6 cm³/mol. The summed E-state index contributed by atoms with van der Waals surface area (Å²) in [6.45, 7) is 3.11. The molecule has 1 atom stereocenters. The molecule has 2 rings (SSSR count). The second-order valence-corrected chi connectivity index (χ2v) is 5.97. The van der Waals surface area contributed by atoms with E-state index < -0.39 is 0 Å². The first-order valence-corrected chi connectivity index (χ1v) is 7.61. The van der Waals surface area contributed by atoms with Crippen LogP contribution in [0, 0.1) is 0 Å². The number of aliphatic hydroxyl groups is 1. The maximum Gasteiger partial charge on any atom is 0.152 e. The van der Waals surface area contributed by atoms with Gasteiger partial charge in [-0.05, 0) is 56.7 Å². The van der Waals surface area contributed by atoms with Gasteiger partial charge in [0, 0.05) is 6.42 Å². The Bertz CT molecular complexity index is 433. The van der Waals surface area contributed by atoms with Gasteiger partial charge in [0.15, 0.2) is 5.78 Å². The number of hydrogen-bond donors (Lipinski definition) is 2. The van der Waals surface area contributed by atoms with Gasteiger partial charge in [-0.3, -0.25) is 4.79 Å². The second kappa shape index (κ2) is 7.00. The van der Waals surface area contributed by atoms with Gasteiger partial charge in [-0.25, -0.2) is 0 Å². The van der Waals surface area contributed by atoms with E-state index in [0.717, 1.165) is 44.2 Å². The van der Waals surface area contributed by atoms with Crippen LogP contribution < -0.4 is 5.32 Å². The first-order chi connectivity index (χ1) is 9.64. The predicted octanol–water partition coefficient (Wildman–Crippen LogP) is 2.60. The van der Waals surface area contributed by atoms with Crippen LogP contribution in [0.1, 0.15) is 50.2 Å². The van der Waals surface area contributed by atoms with Crippen molar-refractivity contribution in [2.75, 3.05) is 6.54 Å². The third-order valence-electron chi connectivity index (χ3n) is 4.31. The van der Waals surface area contributed by atoms with Crippen molar-refractivity contribution in [2.45, 2.75) is 57.6 Å². The summed E-state index contributed by atoms with van der Waals surface area (Å²) < 4.78 is 0. The summed E-state index contributed by atoms with van der Waals surface area (Å²) in [6, 6.07) is 8.05. The Morgan fingerprint density at radius 1 is 1.25 bits per heavy atom. The van der Waals surface area contributed by atoms with E-state index in [4.69, 9.17) is 5.11 Å². The number of carbonyl (C=O) groups is 1. The Morgan fingerprint density at radius 3 is 2.55 bits per heavy atom. The number of carbonyl (C=O) groups excluding carboxylic acids is 1. The number of Topliss-reactive ketones (excluding diaryl/α,β-unsaturated/α-hetero) is 1. The van der Waals surface area contributed by atoms with Gasteiger partial charge < -0.3 is 10.4 Å². The molecule has 110 valence electrons. The van der Waals surface area contributed by atoms with Crippen molar-refractivity contribution < 1.29 is 9.90 Å². The van der Waals surface area contributed by atoms with Crippen molar-refractivity contribution in [3.05, 3.63) is 35.4 Å². The average molecular weight is 275 g/mol. The highest BCUT2D eigenvalue weighted by atomic mass is 16.3. The molecule has 1 fully saturated rings. The molecule has 20 heavy (non-hydrogen) atoms. The summed E-state index contributed by atoms with van der Waals surface area (Å²) in [6.07, 6.45) is 5.77. The minimum absolute atomic E-state index is 0.0976. The molecule has 0 saturated carbocycles. The van der Waals surface area contributed by atoms with E-state index >= 15 is 0 Å². The van der Waals surface area contributed by atoms with Crippen LogP contribution in [0.5, 0.6) is 0 Å². The summed E-state index contributed by atoms with van der Waals surface area (Å²) in [5.74, 6) is 0.366. The van der Waals surface area contributed by atoms with Crippen molar-refractivity contribution in [1.29, 1.82) is 0 Å². The minimum atomic E-state index is -0.261. The smallest absolute Gasteiger partial charge is 0.152 e. The highest BCUT2D eigenvalue weighted by Gasteiger charge is 2.34. The molecule has 3 nitrogen and oxygen atoms in total. The monoisotopic (exact) mass is 275 g/mol. The molecular formula is C17H25NO2. The van der Waals surface area contributed by atoms with E-state index in [1.807, 2.05) is 19.1 Å². The molecule has 0 amide bonds. The lowest BCUT2D eigenvalue weighted by Gasteiger charge is -2.22. The van der Waals surface area contributed by atoms with Crippen LogP contribution in [-0.4, -0.2) is 23.0 Å². The van der Waals surface area contributed by atoms with Crippen molar-refractivity contribution >= 4 is 5.78 Å². The topological polar surface area (TPSA) is 49.3 Å². The molecule has 2 N–H and O–H groups in total. The summed E-state index contributed by atoms with van der Waals surface area (Å²) in [5, 5.41) is 12.3. The fourth-order valence-electron chi connectivity index (χ4n) is 2.83. The molecule has 1 aliphatic rings. The van der Waals surface area contributed by atoms with Crippen LogP contribution in [0.15, 0.2) is 24.3 Å². The van der Waals surface area contributed by atoms with Crippen LogP contribution in [0.4, 0.5) is 0 Å². The van der Waals surface area contributed by atoms with Gasteiger partial charge in [-0.2, -0.15) is 0 Å². The maximum absolute atomic E-state index is 12.2. The molecule has 1 aromatic carbocycles. The lowest BCUT2D eigenvalue weighted by Crippen LogP contribution is -2.44. The summed E-state index contributed by atoms with van der Waals surface area (Å²) in [5.41, 5.74) is 1.96. The molecule has 3 heteroatoms. The van der Waals surface area contributed by atoms with E-state index in [-0.39, 0.29) is 12.1 Å². The number of ketones is 1. The Kier molecular flexibility index (Phi) is 5.32. The lowest BCUT2D eigenvalue weighted by molar-refractivity contribution is -0.124. The van der Waals surface area contributed by atoms with E-state index in [0.29, 0.717) is 12.2 Å². The Balaban J connectivity index is 1.69. The second-order valence-electron chi connectivity index (χ2n) is 5.97. The van der Waals surface area contributed by atoms with Crippen molar-refractivity contribution in [3.63, 3.8) is 0 Å². The molecule has 0 spiro atoms. The van der Waals surface area contributed by atoms with E-state index in [2.05, 4.69) is 17.4 Å². The van der Waals surface area contributed by atoms with Gasteiger partial charge in [0.05, 0.1) is 12.1 Å². The van der Waals surface area contributed by atoms with Crippen LogP contribution in [0.25, 0.3) is 0 Å². The number of unbranched alkanes of at least 4 members (excludes halogenated alkanes) is 1. The number of hydrogen-bond acceptors (Lipinski definition) is 3. The van der Waals surface area contributed by atoms with Crippen LogP contribution in [0.2, 0.25) is 0 Å². The summed E-state index contributed by atoms with van der Waals surface area (Å²) >= 11 is 0. The quantitative estimate of drug-likeness (QED) is 0.752. The molecule has 0 radical (unpaired) electrons. The number of benzene rings is 1. The molecule has 1 saturated heterocycles. The van der Waals surface area contributed by atoms with Gasteiger partial charge in [0.1, 0.15) is 0 Å². The van der Waals surface area contributed by atoms with Crippen LogP contribution in [-0.2, 0) is 17.8 Å². The normalized spacial score (nSPS) is 22.1. The number of nitrogens with one attached hydrogen (secondary N) is 1. The van der Waals surface area contributed by atoms with Gasteiger partial charge in [0.2, 0.25) is 0 Å². The highest BCUT2D eigenvalue weighted by Crippen LogP contribution is 2.22. The first-order valence-electron chi connectivity index (χ1n) is 7.61. The standard InChI is InChI=1S/C17H25NO2/c1-17(11-4-12-18-17)16(20)6-3-2-5-14-7-9-15(13-19)10-8-14/h7-10,18-19H,2-6,11-13H2,1H3/t17-/m0/s1. The molecular weight excluding hydrogens is 250 g/mol. The SMILES string of the molecule is C[C@@]1(C(=O)CCCCc2ccc(CO)cc2)CCCN1. The molecule has 0 unspecified atom stereocenters. The summed E-state index contributed by atoms with van der Waals surface area (Å²) in [7, 11) is 0. The average Bonchev–Trinajstić information content (AvgIpc) is 2.92. The van der Waals surface area contributed by atoms with Gasteiger partial charge in [-0.15, -0.1) is 0 Å². The molecule has 1 aliphatic heterocycles. The lowest BCUT2D eigenvalue weighted by atomic mass is 9.91. The van der Waals surface area contributed by atoms with Gasteiger partial charge in [-0.1, -0.05) is 24.3 Å². The molecule has 0 bridgehead atoms. The molecule has 0 aromatic heterocycles. The zero-order valence-electron chi connectivity index (χ0n) is 12.3. The van der Waals surface area contributed by atoms with Gasteiger partial charge in [0.25, 0.3) is 0 Å². The third-order valence-corrected chi connectivity index (χ3v) is 4.31. The first kappa shape index (κ1) is 15.2. The fourth-order valence-corrected chi connectivity index (χ4v) is 2.83. The zero-order valence-corrected chi connectivity index (χ0v) is 12.3. The molecule has 1 heterocycles. The van der Waals surface area contributed by atoms with Gasteiger partial charge >= 0.3 is 0 Å². The summed E-state index contributed by atoms with van der Waals surface area (Å²) in [4.78, 5) is 12.2. The van der Waals surface area contributed by atoms with E-state index in [1.54, 1.807) is 0 Å². The van der Waals surface area contributed by atoms with Crippen molar-refractivity contribution in [3.8, 4) is 0 Å². The van der Waals surface area contributed by atoms with Crippen molar-refractivity contribution in [1.82, 2.24) is 5.32 Å².